The summed E-state index contributed by atoms with van der Waals surface area (Å²) in [4.78, 5) is 15.3. The Balaban J connectivity index is 2.45. The van der Waals surface area contributed by atoms with Crippen LogP contribution < -0.4 is 5.32 Å². The number of carbonyl (C=O) groups is 1. The average molecular weight is 284 g/mol. The maximum absolute atomic E-state index is 12.2. The highest BCUT2D eigenvalue weighted by Crippen LogP contribution is 2.12. The first-order valence-electron chi connectivity index (χ1n) is 6.66. The van der Waals surface area contributed by atoms with E-state index in [4.69, 9.17) is 4.74 Å². The van der Waals surface area contributed by atoms with Gasteiger partial charge in [-0.05, 0) is 11.4 Å². The summed E-state index contributed by atoms with van der Waals surface area (Å²) < 4.78 is 5.08. The molecule has 0 aliphatic rings. The maximum atomic E-state index is 12.2. The summed E-state index contributed by atoms with van der Waals surface area (Å²) in [6, 6.07) is 4.49. The topological polar surface area (TPSA) is 41.6 Å². The second kappa shape index (κ2) is 9.07. The summed E-state index contributed by atoms with van der Waals surface area (Å²) in [7, 11) is 1.66. The SMILES string of the molecule is COCCN(Cc1cccs1)C(=O)CCNC(C)C. The molecule has 1 N–H and O–H groups in total. The van der Waals surface area contributed by atoms with E-state index >= 15 is 0 Å². The van der Waals surface area contributed by atoms with Gasteiger partial charge in [-0.2, -0.15) is 0 Å². The van der Waals surface area contributed by atoms with Gasteiger partial charge in [-0.25, -0.2) is 0 Å². The highest BCUT2D eigenvalue weighted by molar-refractivity contribution is 7.09. The molecule has 1 aromatic rings. The molecule has 1 rings (SSSR count). The van der Waals surface area contributed by atoms with Crippen LogP contribution in [0.5, 0.6) is 0 Å². The molecule has 0 radical (unpaired) electrons. The molecule has 5 heteroatoms. The smallest absolute Gasteiger partial charge is 0.224 e. The molecule has 1 heterocycles. The van der Waals surface area contributed by atoms with Crippen molar-refractivity contribution in [1.82, 2.24) is 10.2 Å². The summed E-state index contributed by atoms with van der Waals surface area (Å²) in [5.41, 5.74) is 0. The molecule has 0 saturated heterocycles. The zero-order valence-corrected chi connectivity index (χ0v) is 12.8. The molecule has 0 atom stereocenters. The number of nitrogens with zero attached hydrogens (tertiary/aromatic N) is 1. The van der Waals surface area contributed by atoms with Crippen LogP contribution in [0.1, 0.15) is 25.1 Å². The highest BCUT2D eigenvalue weighted by Gasteiger charge is 2.14. The number of methoxy groups -OCH3 is 1. The zero-order valence-electron chi connectivity index (χ0n) is 12.0. The number of hydrogen-bond acceptors (Lipinski definition) is 4. The molecule has 108 valence electrons. The number of rotatable bonds is 9. The first-order valence-corrected chi connectivity index (χ1v) is 7.54. The summed E-state index contributed by atoms with van der Waals surface area (Å²) in [6.07, 6.45) is 0.535. The Hall–Kier alpha value is -0.910. The van der Waals surface area contributed by atoms with Gasteiger partial charge >= 0.3 is 0 Å². The van der Waals surface area contributed by atoms with Gasteiger partial charge in [0.15, 0.2) is 0 Å². The highest BCUT2D eigenvalue weighted by atomic mass is 32.1. The van der Waals surface area contributed by atoms with E-state index < -0.39 is 0 Å². The normalized spacial score (nSPS) is 10.9. The zero-order chi connectivity index (χ0) is 14.1. The van der Waals surface area contributed by atoms with Crippen molar-refractivity contribution in [2.45, 2.75) is 32.9 Å². The molecule has 0 unspecified atom stereocenters. The molecule has 0 aromatic carbocycles. The van der Waals surface area contributed by atoms with E-state index in [1.807, 2.05) is 16.3 Å². The Kier molecular flexibility index (Phi) is 7.70. The van der Waals surface area contributed by atoms with Gasteiger partial charge in [-0.3, -0.25) is 4.79 Å². The third kappa shape index (κ3) is 6.71. The predicted molar refractivity (Wildman–Crippen MR) is 79.4 cm³/mol. The van der Waals surface area contributed by atoms with Crippen molar-refractivity contribution < 1.29 is 9.53 Å². The van der Waals surface area contributed by atoms with Crippen molar-refractivity contribution in [1.29, 1.82) is 0 Å². The fourth-order valence-electron chi connectivity index (χ4n) is 1.71. The number of nitrogens with one attached hydrogen (secondary N) is 1. The van der Waals surface area contributed by atoms with Crippen LogP contribution in [-0.4, -0.2) is 43.7 Å². The number of ether oxygens (including phenoxy) is 1. The van der Waals surface area contributed by atoms with Crippen LogP contribution >= 0.6 is 11.3 Å². The monoisotopic (exact) mass is 284 g/mol. The lowest BCUT2D eigenvalue weighted by molar-refractivity contribution is -0.132. The molecule has 1 aromatic heterocycles. The minimum atomic E-state index is 0.179. The van der Waals surface area contributed by atoms with E-state index in [9.17, 15) is 4.79 Å². The molecule has 1 amide bonds. The van der Waals surface area contributed by atoms with Gasteiger partial charge in [0, 0.05) is 37.5 Å². The van der Waals surface area contributed by atoms with Crippen molar-refractivity contribution in [2.24, 2.45) is 0 Å². The van der Waals surface area contributed by atoms with E-state index in [2.05, 4.69) is 25.2 Å². The molecule has 0 saturated carbocycles. The van der Waals surface area contributed by atoms with Crippen LogP contribution in [0.4, 0.5) is 0 Å². The van der Waals surface area contributed by atoms with E-state index in [-0.39, 0.29) is 5.91 Å². The quantitative estimate of drug-likeness (QED) is 0.755. The first-order chi connectivity index (χ1) is 9.13. The molecule has 19 heavy (non-hydrogen) atoms. The van der Waals surface area contributed by atoms with Gasteiger partial charge in [0.25, 0.3) is 0 Å². The van der Waals surface area contributed by atoms with Crippen molar-refractivity contribution >= 4 is 17.2 Å². The van der Waals surface area contributed by atoms with Gasteiger partial charge in [-0.1, -0.05) is 19.9 Å². The van der Waals surface area contributed by atoms with E-state index in [1.54, 1.807) is 18.4 Å². The predicted octanol–water partition coefficient (Wildman–Crippen LogP) is 2.11. The van der Waals surface area contributed by atoms with Gasteiger partial charge in [0.2, 0.25) is 5.91 Å². The van der Waals surface area contributed by atoms with Crippen molar-refractivity contribution in [2.75, 3.05) is 26.8 Å². The lowest BCUT2D eigenvalue weighted by Crippen LogP contribution is -2.36. The summed E-state index contributed by atoms with van der Waals surface area (Å²) in [5, 5.41) is 5.31. The summed E-state index contributed by atoms with van der Waals surface area (Å²) >= 11 is 1.68. The second-order valence-electron chi connectivity index (χ2n) is 4.75. The van der Waals surface area contributed by atoms with Crippen LogP contribution in [0.15, 0.2) is 17.5 Å². The van der Waals surface area contributed by atoms with Crippen molar-refractivity contribution in [3.05, 3.63) is 22.4 Å². The Morgan fingerprint density at radius 3 is 2.89 bits per heavy atom. The van der Waals surface area contributed by atoms with Crippen molar-refractivity contribution in [3.63, 3.8) is 0 Å². The Labute approximate surface area is 119 Å². The number of carbonyl (C=O) groups excluding carboxylic acids is 1. The minimum Gasteiger partial charge on any atom is -0.383 e. The van der Waals surface area contributed by atoms with Crippen LogP contribution in [-0.2, 0) is 16.1 Å². The van der Waals surface area contributed by atoms with Crippen LogP contribution in [0.25, 0.3) is 0 Å². The molecular formula is C14H24N2O2S. The standard InChI is InChI=1S/C14H24N2O2S/c1-12(2)15-7-6-14(17)16(8-9-18-3)11-13-5-4-10-19-13/h4-5,10,12,15H,6-9,11H2,1-3H3. The fourth-order valence-corrected chi connectivity index (χ4v) is 2.43. The third-order valence-corrected chi connectivity index (χ3v) is 3.60. The molecular weight excluding hydrogens is 260 g/mol. The number of amides is 1. The van der Waals surface area contributed by atoms with Gasteiger partial charge in [0.1, 0.15) is 0 Å². The van der Waals surface area contributed by atoms with Gasteiger partial charge < -0.3 is 15.0 Å². The van der Waals surface area contributed by atoms with E-state index in [1.165, 1.54) is 4.88 Å². The van der Waals surface area contributed by atoms with Crippen LogP contribution in [0, 0.1) is 0 Å². The minimum absolute atomic E-state index is 0.179. The molecule has 0 spiro atoms. The molecule has 4 nitrogen and oxygen atoms in total. The number of thiophene rings is 1. The molecule has 0 aliphatic carbocycles. The van der Waals surface area contributed by atoms with Crippen LogP contribution in [0.3, 0.4) is 0 Å². The summed E-state index contributed by atoms with van der Waals surface area (Å²) in [6.45, 7) is 6.80. The van der Waals surface area contributed by atoms with Crippen molar-refractivity contribution in [3.8, 4) is 0 Å². The van der Waals surface area contributed by atoms with Gasteiger partial charge in [-0.15, -0.1) is 11.3 Å². The maximum Gasteiger partial charge on any atom is 0.224 e. The van der Waals surface area contributed by atoms with Gasteiger partial charge in [0.05, 0.1) is 13.2 Å². The first kappa shape index (κ1) is 16.1. The Bertz CT molecular complexity index is 352. The Morgan fingerprint density at radius 2 is 2.32 bits per heavy atom. The lowest BCUT2D eigenvalue weighted by Gasteiger charge is -2.22. The average Bonchev–Trinajstić information content (AvgIpc) is 2.86. The molecule has 0 aliphatic heterocycles. The largest absolute Gasteiger partial charge is 0.383 e. The van der Waals surface area contributed by atoms with Crippen LogP contribution in [0.2, 0.25) is 0 Å². The molecule has 0 fully saturated rings. The summed E-state index contributed by atoms with van der Waals surface area (Å²) in [5.74, 6) is 0.179. The van der Waals surface area contributed by atoms with E-state index in [0.29, 0.717) is 32.2 Å². The fraction of sp³-hybridized carbons (Fsp3) is 0.643. The second-order valence-corrected chi connectivity index (χ2v) is 5.78. The Morgan fingerprint density at radius 1 is 1.53 bits per heavy atom. The number of hydrogen-bond donors (Lipinski definition) is 1. The van der Waals surface area contributed by atoms with E-state index in [0.717, 1.165) is 6.54 Å². The third-order valence-electron chi connectivity index (χ3n) is 2.74. The lowest BCUT2D eigenvalue weighted by atomic mass is 10.3. The molecule has 0 bridgehead atoms.